The van der Waals surface area contributed by atoms with Gasteiger partial charge in [-0.15, -0.1) is 0 Å². The van der Waals surface area contributed by atoms with E-state index in [9.17, 15) is 9.59 Å². The molecule has 0 spiro atoms. The molecule has 1 aromatic carbocycles. The lowest BCUT2D eigenvalue weighted by Crippen LogP contribution is -2.58. The number of hydrogen-bond donors (Lipinski definition) is 4. The third-order valence-corrected chi connectivity index (χ3v) is 6.72. The van der Waals surface area contributed by atoms with Gasteiger partial charge in [-0.25, -0.2) is 9.98 Å². The van der Waals surface area contributed by atoms with Crippen molar-refractivity contribution < 1.29 is 14.3 Å². The molecule has 2 fully saturated rings. The number of rotatable bonds is 6. The predicted molar refractivity (Wildman–Crippen MR) is 133 cm³/mol. The van der Waals surface area contributed by atoms with Gasteiger partial charge in [0.05, 0.1) is 31.2 Å². The van der Waals surface area contributed by atoms with Gasteiger partial charge < -0.3 is 30.4 Å². The van der Waals surface area contributed by atoms with Crippen molar-refractivity contribution in [3.63, 3.8) is 0 Å². The summed E-state index contributed by atoms with van der Waals surface area (Å²) in [5.74, 6) is -0.778. The first-order chi connectivity index (χ1) is 16.9. The molecule has 3 heterocycles. The smallest absolute Gasteiger partial charge is 0.267 e. The van der Waals surface area contributed by atoms with E-state index in [1.807, 2.05) is 19.1 Å². The summed E-state index contributed by atoms with van der Waals surface area (Å²) in [5.41, 5.74) is 7.02. The summed E-state index contributed by atoms with van der Waals surface area (Å²) in [7, 11) is 0. The standard InChI is InChI=1S/C24H31N7O4/c1-24(28-7-6-18(30-24)22(25)32)29-15-2-4-17(5-3-15)35-20-13-16(31-8-10-34-11-9-31)12-19-21(20)23(33)27-14-26-19/h6-7,12-15,17,28-29H,2-5,8-11H2,1H3,(H2,25,32)(H,26,27,33). The van der Waals surface area contributed by atoms with E-state index in [1.54, 1.807) is 12.3 Å². The fraction of sp³-hybridized carbons (Fsp3) is 0.500. The number of nitrogens with two attached hydrogens (primary N) is 1. The first kappa shape index (κ1) is 23.3. The van der Waals surface area contributed by atoms with Crippen molar-refractivity contribution in [1.82, 2.24) is 20.6 Å². The lowest BCUT2D eigenvalue weighted by atomic mass is 9.92. The van der Waals surface area contributed by atoms with E-state index < -0.39 is 11.7 Å². The molecule has 1 saturated carbocycles. The Kier molecular flexibility index (Phi) is 6.44. The monoisotopic (exact) mass is 481 g/mol. The number of carbonyl (C=O) groups is 1. The van der Waals surface area contributed by atoms with Gasteiger partial charge in [0, 0.05) is 37.1 Å². The van der Waals surface area contributed by atoms with Crippen LogP contribution in [0.4, 0.5) is 5.69 Å². The molecule has 3 aliphatic rings. The quantitative estimate of drug-likeness (QED) is 0.473. The molecule has 2 aliphatic heterocycles. The van der Waals surface area contributed by atoms with Gasteiger partial charge >= 0.3 is 0 Å². The van der Waals surface area contributed by atoms with Crippen molar-refractivity contribution >= 4 is 28.2 Å². The Morgan fingerprint density at radius 2 is 2.03 bits per heavy atom. The summed E-state index contributed by atoms with van der Waals surface area (Å²) in [6.07, 6.45) is 8.03. The number of nitrogens with one attached hydrogen (secondary N) is 3. The Morgan fingerprint density at radius 1 is 1.26 bits per heavy atom. The zero-order valence-electron chi connectivity index (χ0n) is 19.8. The van der Waals surface area contributed by atoms with Crippen molar-refractivity contribution in [3.05, 3.63) is 41.1 Å². The van der Waals surface area contributed by atoms with Gasteiger partial charge in [-0.2, -0.15) is 0 Å². The van der Waals surface area contributed by atoms with Gasteiger partial charge in [-0.1, -0.05) is 0 Å². The second-order valence-corrected chi connectivity index (χ2v) is 9.32. The van der Waals surface area contributed by atoms with E-state index in [0.29, 0.717) is 29.9 Å². The van der Waals surface area contributed by atoms with Gasteiger partial charge in [0.2, 0.25) is 0 Å². The molecule has 11 nitrogen and oxygen atoms in total. The Morgan fingerprint density at radius 3 is 2.77 bits per heavy atom. The highest BCUT2D eigenvalue weighted by Crippen LogP contribution is 2.32. The van der Waals surface area contributed by atoms with Crippen LogP contribution in [0, 0.1) is 0 Å². The largest absolute Gasteiger partial charge is 0.489 e. The molecule has 186 valence electrons. The molecule has 1 aliphatic carbocycles. The molecule has 2 aromatic rings. The molecule has 35 heavy (non-hydrogen) atoms. The Hall–Kier alpha value is -3.44. The minimum absolute atomic E-state index is 0.0208. The molecule has 11 heteroatoms. The van der Waals surface area contributed by atoms with Crippen LogP contribution in [0.1, 0.15) is 32.6 Å². The topological polar surface area (TPSA) is 147 Å². The minimum Gasteiger partial charge on any atom is -0.489 e. The van der Waals surface area contributed by atoms with Gasteiger partial charge in [0.25, 0.3) is 11.5 Å². The highest BCUT2D eigenvalue weighted by Gasteiger charge is 2.32. The van der Waals surface area contributed by atoms with E-state index in [-0.39, 0.29) is 23.4 Å². The summed E-state index contributed by atoms with van der Waals surface area (Å²) in [6, 6.07) is 4.09. The Balaban J connectivity index is 1.29. The summed E-state index contributed by atoms with van der Waals surface area (Å²) in [6.45, 7) is 4.79. The molecule has 1 saturated heterocycles. The number of ether oxygens (including phenoxy) is 2. The van der Waals surface area contributed by atoms with Crippen LogP contribution in [0.25, 0.3) is 10.9 Å². The summed E-state index contributed by atoms with van der Waals surface area (Å²) in [5, 5.41) is 7.14. The van der Waals surface area contributed by atoms with E-state index >= 15 is 0 Å². The second-order valence-electron chi connectivity index (χ2n) is 9.32. The molecule has 1 unspecified atom stereocenters. The highest BCUT2D eigenvalue weighted by atomic mass is 16.5. The SMILES string of the molecule is CC1(NC2CCC(Oc3cc(N4CCOCC4)cc4nc[nH]c(=O)c34)CC2)N=C(C(N)=O)C=CN1. The molecular formula is C24H31N7O4. The third kappa shape index (κ3) is 5.15. The van der Waals surface area contributed by atoms with Crippen LogP contribution in [0.5, 0.6) is 5.75 Å². The number of nitrogens with zero attached hydrogens (tertiary/aromatic N) is 3. The van der Waals surface area contributed by atoms with Crippen molar-refractivity contribution in [2.45, 2.75) is 50.5 Å². The maximum Gasteiger partial charge on any atom is 0.267 e. The van der Waals surface area contributed by atoms with Crippen LogP contribution >= 0.6 is 0 Å². The number of H-pyrrole nitrogens is 1. The molecule has 5 rings (SSSR count). The zero-order valence-corrected chi connectivity index (χ0v) is 19.8. The van der Waals surface area contributed by atoms with Gasteiger partial charge in [0.15, 0.2) is 5.79 Å². The second kappa shape index (κ2) is 9.67. The van der Waals surface area contributed by atoms with Crippen LogP contribution < -0.4 is 31.6 Å². The van der Waals surface area contributed by atoms with E-state index in [2.05, 4.69) is 30.5 Å². The molecule has 1 amide bonds. The summed E-state index contributed by atoms with van der Waals surface area (Å²) in [4.78, 5) is 37.9. The van der Waals surface area contributed by atoms with Crippen LogP contribution in [0.15, 0.2) is 40.5 Å². The number of aromatic amines is 1. The Bertz CT molecular complexity index is 1210. The predicted octanol–water partition coefficient (Wildman–Crippen LogP) is 0.756. The number of benzene rings is 1. The maximum absolute atomic E-state index is 12.6. The highest BCUT2D eigenvalue weighted by molar-refractivity contribution is 6.43. The number of carbonyl (C=O) groups excluding carboxylic acids is 1. The van der Waals surface area contributed by atoms with Crippen molar-refractivity contribution in [2.24, 2.45) is 10.7 Å². The normalized spacial score (nSPS) is 26.8. The summed E-state index contributed by atoms with van der Waals surface area (Å²) >= 11 is 0. The molecular weight excluding hydrogens is 450 g/mol. The fourth-order valence-electron chi connectivity index (χ4n) is 4.95. The number of primary amides is 1. The number of aromatic nitrogens is 2. The van der Waals surface area contributed by atoms with Gasteiger partial charge in [-0.05, 0) is 44.7 Å². The van der Waals surface area contributed by atoms with Crippen LogP contribution in [0.2, 0.25) is 0 Å². The minimum atomic E-state index is -0.793. The van der Waals surface area contributed by atoms with Crippen molar-refractivity contribution in [2.75, 3.05) is 31.2 Å². The first-order valence-electron chi connectivity index (χ1n) is 12.0. The van der Waals surface area contributed by atoms with Crippen molar-refractivity contribution in [1.29, 1.82) is 0 Å². The van der Waals surface area contributed by atoms with E-state index in [1.165, 1.54) is 6.33 Å². The van der Waals surface area contributed by atoms with Crippen LogP contribution in [-0.2, 0) is 9.53 Å². The lowest BCUT2D eigenvalue weighted by molar-refractivity contribution is -0.112. The molecule has 0 bridgehead atoms. The number of morpholine rings is 1. The van der Waals surface area contributed by atoms with Crippen molar-refractivity contribution in [3.8, 4) is 5.75 Å². The lowest BCUT2D eigenvalue weighted by Gasteiger charge is -2.37. The van der Waals surface area contributed by atoms with Gasteiger partial charge in [0.1, 0.15) is 16.8 Å². The molecule has 0 radical (unpaired) electrons. The number of aliphatic imine (C=N–C) groups is 1. The average Bonchev–Trinajstić information content (AvgIpc) is 2.85. The molecule has 1 atom stereocenters. The Labute approximate surface area is 202 Å². The van der Waals surface area contributed by atoms with Crippen LogP contribution in [-0.4, -0.2) is 65.8 Å². The number of anilines is 1. The van der Waals surface area contributed by atoms with Crippen LogP contribution in [0.3, 0.4) is 0 Å². The number of fused-ring (bicyclic) bond motifs is 1. The van der Waals surface area contributed by atoms with Gasteiger partial charge in [-0.3, -0.25) is 14.9 Å². The maximum atomic E-state index is 12.6. The number of amides is 1. The molecule has 1 aromatic heterocycles. The third-order valence-electron chi connectivity index (χ3n) is 6.72. The number of hydrogen-bond acceptors (Lipinski definition) is 9. The van der Waals surface area contributed by atoms with E-state index in [4.69, 9.17) is 15.2 Å². The summed E-state index contributed by atoms with van der Waals surface area (Å²) < 4.78 is 11.9. The average molecular weight is 482 g/mol. The fourth-order valence-corrected chi connectivity index (χ4v) is 4.95. The van der Waals surface area contributed by atoms with E-state index in [0.717, 1.165) is 44.5 Å². The zero-order chi connectivity index (χ0) is 24.4. The molecule has 5 N–H and O–H groups in total. The first-order valence-corrected chi connectivity index (χ1v) is 12.0.